The summed E-state index contributed by atoms with van der Waals surface area (Å²) in [6.45, 7) is 0.431. The molecule has 2 heterocycles. The van der Waals surface area contributed by atoms with Crippen molar-refractivity contribution in [2.45, 2.75) is 11.4 Å². The van der Waals surface area contributed by atoms with E-state index in [-0.39, 0.29) is 28.7 Å². The van der Waals surface area contributed by atoms with E-state index in [9.17, 15) is 17.2 Å². The number of pyridine rings is 1. The van der Waals surface area contributed by atoms with Crippen LogP contribution < -0.4 is 15.4 Å². The third-order valence-electron chi connectivity index (χ3n) is 4.93. The maximum Gasteiger partial charge on any atom is 0.269 e. The highest BCUT2D eigenvalue weighted by molar-refractivity contribution is 7.90. The molecule has 0 radical (unpaired) electrons. The van der Waals surface area contributed by atoms with Crippen molar-refractivity contribution in [1.29, 1.82) is 0 Å². The maximum absolute atomic E-state index is 14.4. The van der Waals surface area contributed by atoms with E-state index in [1.807, 2.05) is 0 Å². The van der Waals surface area contributed by atoms with Gasteiger partial charge in [0.25, 0.3) is 10.0 Å². The van der Waals surface area contributed by atoms with Crippen molar-refractivity contribution in [2.24, 2.45) is 0 Å². The maximum atomic E-state index is 14.4. The first-order chi connectivity index (χ1) is 15.3. The molecule has 0 aliphatic rings. The molecule has 0 saturated carbocycles. The molecule has 0 aliphatic carbocycles. The predicted molar refractivity (Wildman–Crippen MR) is 125 cm³/mol. The summed E-state index contributed by atoms with van der Waals surface area (Å²) in [5.41, 5.74) is 1.06. The van der Waals surface area contributed by atoms with Crippen LogP contribution in [0.25, 0.3) is 10.9 Å². The van der Waals surface area contributed by atoms with Crippen molar-refractivity contribution in [1.82, 2.24) is 14.3 Å². The minimum absolute atomic E-state index is 0. The van der Waals surface area contributed by atoms with Crippen LogP contribution in [0, 0.1) is 11.6 Å². The fourth-order valence-electron chi connectivity index (χ4n) is 3.42. The molecule has 0 spiro atoms. The van der Waals surface area contributed by atoms with Crippen LogP contribution in [0.3, 0.4) is 0 Å². The fraction of sp³-hybridized carbons (Fsp3) is 0.136. The molecule has 11 heteroatoms. The van der Waals surface area contributed by atoms with Crippen LogP contribution in [0.4, 0.5) is 20.2 Å². The van der Waals surface area contributed by atoms with Gasteiger partial charge >= 0.3 is 0 Å². The lowest BCUT2D eigenvalue weighted by molar-refractivity contribution is 0.407. The molecule has 174 valence electrons. The molecule has 33 heavy (non-hydrogen) atoms. The van der Waals surface area contributed by atoms with Gasteiger partial charge in [0, 0.05) is 48.3 Å². The minimum atomic E-state index is -3.94. The summed E-state index contributed by atoms with van der Waals surface area (Å²) in [6, 6.07) is 9.98. The number of anilines is 2. The lowest BCUT2D eigenvalue weighted by Crippen LogP contribution is -2.12. The summed E-state index contributed by atoms with van der Waals surface area (Å²) >= 11 is 0. The SMILES string of the molecule is CNCc1cn(S(=O)(=O)c2cccnc2)c2cc(Nc3c(F)cc(OC)cc3F)ccc12.Cl. The zero-order valence-corrected chi connectivity index (χ0v) is 19.3. The van der Waals surface area contributed by atoms with Gasteiger partial charge in [-0.2, -0.15) is 0 Å². The van der Waals surface area contributed by atoms with Crippen molar-refractivity contribution in [3.8, 4) is 5.75 Å². The number of ether oxygens (including phenoxy) is 1. The highest BCUT2D eigenvalue weighted by atomic mass is 35.5. The molecule has 0 bridgehead atoms. The summed E-state index contributed by atoms with van der Waals surface area (Å²) in [4.78, 5) is 3.92. The number of halogens is 3. The highest BCUT2D eigenvalue weighted by Crippen LogP contribution is 2.32. The van der Waals surface area contributed by atoms with Gasteiger partial charge in [-0.25, -0.2) is 21.2 Å². The van der Waals surface area contributed by atoms with Gasteiger partial charge in [-0.1, -0.05) is 6.07 Å². The van der Waals surface area contributed by atoms with Crippen LogP contribution in [-0.2, 0) is 16.6 Å². The number of hydrogen-bond acceptors (Lipinski definition) is 6. The van der Waals surface area contributed by atoms with Gasteiger partial charge in [0.2, 0.25) is 0 Å². The van der Waals surface area contributed by atoms with E-state index >= 15 is 0 Å². The lowest BCUT2D eigenvalue weighted by Gasteiger charge is -2.12. The predicted octanol–water partition coefficient (Wildman–Crippen LogP) is 4.44. The van der Waals surface area contributed by atoms with Crippen LogP contribution in [0.2, 0.25) is 0 Å². The molecule has 0 amide bonds. The summed E-state index contributed by atoms with van der Waals surface area (Å²) in [5.74, 6) is -1.62. The average Bonchev–Trinajstić information content (AvgIpc) is 3.15. The first-order valence-electron chi connectivity index (χ1n) is 9.59. The lowest BCUT2D eigenvalue weighted by atomic mass is 10.1. The van der Waals surface area contributed by atoms with E-state index in [0.717, 1.165) is 21.7 Å². The summed E-state index contributed by atoms with van der Waals surface area (Å²) in [7, 11) is -0.876. The number of rotatable bonds is 7. The Morgan fingerprint density at radius 1 is 1.12 bits per heavy atom. The molecule has 2 N–H and O–H groups in total. The van der Waals surface area contributed by atoms with Crippen LogP contribution in [-0.4, -0.2) is 31.5 Å². The van der Waals surface area contributed by atoms with Crippen LogP contribution in [0.5, 0.6) is 5.75 Å². The zero-order valence-electron chi connectivity index (χ0n) is 17.7. The van der Waals surface area contributed by atoms with E-state index in [1.54, 1.807) is 19.2 Å². The first-order valence-corrected chi connectivity index (χ1v) is 11.0. The smallest absolute Gasteiger partial charge is 0.269 e. The fourth-order valence-corrected chi connectivity index (χ4v) is 4.77. The molecular formula is C22H21ClF2N4O3S. The van der Waals surface area contributed by atoms with Crippen molar-refractivity contribution in [3.05, 3.63) is 78.3 Å². The van der Waals surface area contributed by atoms with E-state index in [0.29, 0.717) is 23.1 Å². The van der Waals surface area contributed by atoms with E-state index in [2.05, 4.69) is 15.6 Å². The second kappa shape index (κ2) is 9.74. The molecule has 0 saturated heterocycles. The van der Waals surface area contributed by atoms with Crippen molar-refractivity contribution in [3.63, 3.8) is 0 Å². The van der Waals surface area contributed by atoms with E-state index in [4.69, 9.17) is 4.74 Å². The topological polar surface area (TPSA) is 85.2 Å². The number of methoxy groups -OCH3 is 1. The molecule has 7 nitrogen and oxygen atoms in total. The average molecular weight is 495 g/mol. The minimum Gasteiger partial charge on any atom is -0.497 e. The Labute approximate surface area is 195 Å². The molecule has 0 fully saturated rings. The monoisotopic (exact) mass is 494 g/mol. The Kier molecular flexibility index (Phi) is 7.21. The molecule has 0 atom stereocenters. The number of aromatic nitrogens is 2. The Balaban J connectivity index is 0.00000306. The van der Waals surface area contributed by atoms with Crippen molar-refractivity contribution in [2.75, 3.05) is 19.5 Å². The van der Waals surface area contributed by atoms with Gasteiger partial charge in [-0.3, -0.25) is 4.98 Å². The first kappa shape index (κ1) is 24.4. The normalized spacial score (nSPS) is 11.3. The summed E-state index contributed by atoms with van der Waals surface area (Å²) in [5, 5.41) is 6.40. The van der Waals surface area contributed by atoms with Crippen LogP contribution in [0.15, 0.2) is 66.0 Å². The molecule has 4 aromatic rings. The Hall–Kier alpha value is -3.21. The summed E-state index contributed by atoms with van der Waals surface area (Å²) in [6.07, 6.45) is 4.28. The van der Waals surface area contributed by atoms with Gasteiger partial charge in [0.15, 0.2) is 11.6 Å². The second-order valence-corrected chi connectivity index (χ2v) is 8.81. The Morgan fingerprint density at radius 2 is 1.85 bits per heavy atom. The number of nitrogens with zero attached hydrogens (tertiary/aromatic N) is 2. The molecular weight excluding hydrogens is 474 g/mol. The second-order valence-electron chi connectivity index (χ2n) is 7.00. The Morgan fingerprint density at radius 3 is 2.45 bits per heavy atom. The van der Waals surface area contributed by atoms with Gasteiger partial charge in [0.1, 0.15) is 16.3 Å². The van der Waals surface area contributed by atoms with E-state index in [1.165, 1.54) is 43.9 Å². The van der Waals surface area contributed by atoms with Crippen LogP contribution >= 0.6 is 12.4 Å². The standard InChI is InChI=1S/C22H20F2N4O3S.ClH/c1-25-11-14-13-28(32(29,30)17-4-3-7-26-12-17)21-8-15(5-6-18(14)21)27-22-19(23)9-16(31-2)10-20(22)24;/h3-10,12-13,25,27H,11H2,1-2H3;1H. The van der Waals surface area contributed by atoms with Crippen LogP contribution in [0.1, 0.15) is 5.56 Å². The van der Waals surface area contributed by atoms with Gasteiger partial charge in [-0.05, 0) is 36.9 Å². The third kappa shape index (κ3) is 4.63. The summed E-state index contributed by atoms with van der Waals surface area (Å²) < 4.78 is 61.3. The van der Waals surface area contributed by atoms with Gasteiger partial charge in [0.05, 0.1) is 12.6 Å². The largest absolute Gasteiger partial charge is 0.497 e. The molecule has 4 rings (SSSR count). The molecule has 2 aromatic carbocycles. The number of benzene rings is 2. The van der Waals surface area contributed by atoms with Gasteiger partial charge in [-0.15, -0.1) is 12.4 Å². The highest BCUT2D eigenvalue weighted by Gasteiger charge is 2.22. The zero-order chi connectivity index (χ0) is 22.9. The molecule has 0 aliphatic heterocycles. The number of fused-ring (bicyclic) bond motifs is 1. The number of nitrogens with one attached hydrogen (secondary N) is 2. The molecule has 2 aromatic heterocycles. The molecule has 0 unspecified atom stereocenters. The number of hydrogen-bond donors (Lipinski definition) is 2. The van der Waals surface area contributed by atoms with Crippen molar-refractivity contribution >= 4 is 44.7 Å². The third-order valence-corrected chi connectivity index (χ3v) is 6.59. The van der Waals surface area contributed by atoms with Crippen molar-refractivity contribution < 1.29 is 21.9 Å². The van der Waals surface area contributed by atoms with E-state index < -0.39 is 21.7 Å². The quantitative estimate of drug-likeness (QED) is 0.395. The van der Waals surface area contributed by atoms with Gasteiger partial charge < -0.3 is 15.4 Å². The Bertz CT molecular complexity index is 1370.